The average Bonchev–Trinajstić information content (AvgIpc) is 2.39. The maximum Gasteiger partial charge on any atom is 0.0814 e. The van der Waals surface area contributed by atoms with Crippen molar-refractivity contribution in [3.63, 3.8) is 0 Å². The predicted molar refractivity (Wildman–Crippen MR) is 79.3 cm³/mol. The summed E-state index contributed by atoms with van der Waals surface area (Å²) < 4.78 is 0. The molecule has 0 saturated carbocycles. The molecule has 1 aromatic rings. The van der Waals surface area contributed by atoms with Crippen molar-refractivity contribution >= 4 is 22.7 Å². The highest BCUT2D eigenvalue weighted by atomic mass is 79.9. The molecule has 1 N–H and O–H groups in total. The summed E-state index contributed by atoms with van der Waals surface area (Å²) in [5.74, 6) is 0. The first-order valence-electron chi connectivity index (χ1n) is 5.64. The van der Waals surface area contributed by atoms with E-state index in [1.807, 2.05) is 37.3 Å². The van der Waals surface area contributed by atoms with Crippen LogP contribution in [0, 0.1) is 0 Å². The zero-order valence-electron chi connectivity index (χ0n) is 10.3. The van der Waals surface area contributed by atoms with Crippen LogP contribution in [0.5, 0.6) is 0 Å². The number of hydrogen-bond acceptors (Lipinski definition) is 3. The molecule has 1 heterocycles. The van der Waals surface area contributed by atoms with Gasteiger partial charge in [-0.05, 0) is 30.3 Å². The van der Waals surface area contributed by atoms with E-state index < -0.39 is 0 Å². The van der Waals surface area contributed by atoms with Crippen molar-refractivity contribution in [2.45, 2.75) is 13.5 Å². The molecule has 96 valence electrons. The Morgan fingerprint density at radius 3 is 2.72 bits per heavy atom. The Balaban J connectivity index is 0.00000162. The van der Waals surface area contributed by atoms with Gasteiger partial charge in [-0.15, -0.1) is 17.0 Å². The number of hydrogen-bond donors (Lipinski definition) is 1. The Morgan fingerprint density at radius 2 is 2.06 bits per heavy atom. The van der Waals surface area contributed by atoms with Crippen molar-refractivity contribution < 1.29 is 5.21 Å². The second-order valence-electron chi connectivity index (χ2n) is 4.11. The van der Waals surface area contributed by atoms with Crippen LogP contribution in [0.3, 0.4) is 0 Å². The first kappa shape index (κ1) is 14.5. The topological polar surface area (TPSA) is 35.8 Å². The summed E-state index contributed by atoms with van der Waals surface area (Å²) >= 11 is 0. The van der Waals surface area contributed by atoms with Crippen molar-refractivity contribution in [2.75, 3.05) is 6.54 Å². The molecule has 1 aromatic carbocycles. The third-order valence-electron chi connectivity index (χ3n) is 2.81. The van der Waals surface area contributed by atoms with Crippen LogP contribution in [0.1, 0.15) is 12.5 Å². The SMILES string of the molecule is Br.CC(=NO)C1=CC=CN(Cc2ccccc2)C1. The second kappa shape index (κ2) is 7.01. The monoisotopic (exact) mass is 308 g/mol. The Bertz CT molecular complexity index is 466. The maximum atomic E-state index is 8.77. The minimum absolute atomic E-state index is 0. The molecule has 0 saturated heterocycles. The minimum atomic E-state index is 0. The number of rotatable bonds is 3. The molecular weight excluding hydrogens is 292 g/mol. The van der Waals surface area contributed by atoms with E-state index in [0.717, 1.165) is 18.7 Å². The molecule has 0 spiro atoms. The molecule has 1 aliphatic heterocycles. The molecule has 0 unspecified atom stereocenters. The summed E-state index contributed by atoms with van der Waals surface area (Å²) in [6.07, 6.45) is 6.02. The Morgan fingerprint density at radius 1 is 1.33 bits per heavy atom. The Kier molecular flexibility index (Phi) is 5.65. The van der Waals surface area contributed by atoms with Gasteiger partial charge in [0.05, 0.1) is 5.71 Å². The number of nitrogens with zero attached hydrogens (tertiary/aromatic N) is 2. The maximum absolute atomic E-state index is 8.77. The molecule has 4 heteroatoms. The molecular formula is C14H17BrN2O. The van der Waals surface area contributed by atoms with Gasteiger partial charge < -0.3 is 10.1 Å². The largest absolute Gasteiger partial charge is 0.411 e. The van der Waals surface area contributed by atoms with E-state index in [9.17, 15) is 0 Å². The fourth-order valence-corrected chi connectivity index (χ4v) is 1.83. The number of benzene rings is 1. The van der Waals surface area contributed by atoms with Gasteiger partial charge in [0.1, 0.15) is 0 Å². The first-order chi connectivity index (χ1) is 8.29. The van der Waals surface area contributed by atoms with E-state index in [1.165, 1.54) is 5.56 Å². The molecule has 1 aliphatic rings. The minimum Gasteiger partial charge on any atom is -0.411 e. The van der Waals surface area contributed by atoms with Crippen LogP contribution >= 0.6 is 17.0 Å². The van der Waals surface area contributed by atoms with Crippen molar-refractivity contribution in [1.82, 2.24) is 4.90 Å². The standard InChI is InChI=1S/C14H16N2O.BrH/c1-12(15-17)14-8-5-9-16(11-14)10-13-6-3-2-4-7-13;/h2-9,17H,10-11H2,1H3;1H. The van der Waals surface area contributed by atoms with Gasteiger partial charge in [-0.2, -0.15) is 0 Å². The lowest BCUT2D eigenvalue weighted by molar-refractivity contribution is 0.317. The molecule has 3 nitrogen and oxygen atoms in total. The number of allylic oxidation sites excluding steroid dienone is 2. The van der Waals surface area contributed by atoms with Crippen LogP contribution in [0.25, 0.3) is 0 Å². The van der Waals surface area contributed by atoms with Crippen LogP contribution in [-0.2, 0) is 6.54 Å². The van der Waals surface area contributed by atoms with Crippen LogP contribution in [0.15, 0.2) is 59.4 Å². The second-order valence-corrected chi connectivity index (χ2v) is 4.11. The van der Waals surface area contributed by atoms with Gasteiger partial charge in [0.25, 0.3) is 0 Å². The molecule has 0 bridgehead atoms. The lowest BCUT2D eigenvalue weighted by atomic mass is 10.1. The van der Waals surface area contributed by atoms with E-state index in [4.69, 9.17) is 5.21 Å². The van der Waals surface area contributed by atoms with Crippen LogP contribution in [0.4, 0.5) is 0 Å². The van der Waals surface area contributed by atoms with Crippen LogP contribution < -0.4 is 0 Å². The van der Waals surface area contributed by atoms with Crippen molar-refractivity contribution in [3.05, 3.63) is 59.8 Å². The summed E-state index contributed by atoms with van der Waals surface area (Å²) in [7, 11) is 0. The smallest absolute Gasteiger partial charge is 0.0814 e. The summed E-state index contributed by atoms with van der Waals surface area (Å²) in [6.45, 7) is 3.46. The molecule has 0 aliphatic carbocycles. The Hall–Kier alpha value is -1.55. The average molecular weight is 309 g/mol. The summed E-state index contributed by atoms with van der Waals surface area (Å²) in [4.78, 5) is 2.19. The molecule has 0 atom stereocenters. The summed E-state index contributed by atoms with van der Waals surface area (Å²) in [6, 6.07) is 10.3. The van der Waals surface area contributed by atoms with Crippen LogP contribution in [-0.4, -0.2) is 22.4 Å². The summed E-state index contributed by atoms with van der Waals surface area (Å²) in [5, 5.41) is 12.0. The van der Waals surface area contributed by atoms with E-state index in [0.29, 0.717) is 5.71 Å². The highest BCUT2D eigenvalue weighted by Crippen LogP contribution is 2.13. The van der Waals surface area contributed by atoms with E-state index in [2.05, 4.69) is 28.4 Å². The molecule has 0 aromatic heterocycles. The lowest BCUT2D eigenvalue weighted by Crippen LogP contribution is -2.24. The molecule has 18 heavy (non-hydrogen) atoms. The first-order valence-corrected chi connectivity index (χ1v) is 5.64. The fraction of sp³-hybridized carbons (Fsp3) is 0.214. The number of oxime groups is 1. The van der Waals surface area contributed by atoms with Gasteiger partial charge in [0, 0.05) is 13.1 Å². The predicted octanol–water partition coefficient (Wildman–Crippen LogP) is 3.37. The molecule has 0 amide bonds. The van der Waals surface area contributed by atoms with Gasteiger partial charge >= 0.3 is 0 Å². The van der Waals surface area contributed by atoms with Gasteiger partial charge in [-0.3, -0.25) is 0 Å². The normalized spacial score (nSPS) is 15.1. The van der Waals surface area contributed by atoms with Gasteiger partial charge in [-0.25, -0.2) is 0 Å². The van der Waals surface area contributed by atoms with Crippen LogP contribution in [0.2, 0.25) is 0 Å². The number of halogens is 1. The highest BCUT2D eigenvalue weighted by Gasteiger charge is 2.10. The van der Waals surface area contributed by atoms with E-state index in [1.54, 1.807) is 0 Å². The Labute approximate surface area is 118 Å². The van der Waals surface area contributed by atoms with Crippen molar-refractivity contribution in [2.24, 2.45) is 5.16 Å². The van der Waals surface area contributed by atoms with Gasteiger partial charge in [0.15, 0.2) is 0 Å². The van der Waals surface area contributed by atoms with Crippen molar-refractivity contribution in [3.8, 4) is 0 Å². The summed E-state index contributed by atoms with van der Waals surface area (Å²) in [5.41, 5.74) is 3.00. The molecule has 0 fully saturated rings. The van der Waals surface area contributed by atoms with Gasteiger partial charge in [-0.1, -0.05) is 41.6 Å². The third kappa shape index (κ3) is 3.74. The third-order valence-corrected chi connectivity index (χ3v) is 2.81. The molecule has 2 rings (SSSR count). The lowest BCUT2D eigenvalue weighted by Gasteiger charge is -2.24. The molecule has 0 radical (unpaired) electrons. The van der Waals surface area contributed by atoms with Gasteiger partial charge in [0.2, 0.25) is 0 Å². The van der Waals surface area contributed by atoms with E-state index >= 15 is 0 Å². The quantitative estimate of drug-likeness (QED) is 0.528. The zero-order valence-corrected chi connectivity index (χ0v) is 12.0. The zero-order chi connectivity index (χ0) is 12.1. The van der Waals surface area contributed by atoms with E-state index in [-0.39, 0.29) is 17.0 Å². The fourth-order valence-electron chi connectivity index (χ4n) is 1.83. The van der Waals surface area contributed by atoms with Crippen molar-refractivity contribution in [1.29, 1.82) is 0 Å². The highest BCUT2D eigenvalue weighted by molar-refractivity contribution is 8.93.